The summed E-state index contributed by atoms with van der Waals surface area (Å²) < 4.78 is 10.7. The van der Waals surface area contributed by atoms with Crippen molar-refractivity contribution in [2.24, 2.45) is 0 Å². The number of urea groups is 1. The van der Waals surface area contributed by atoms with E-state index < -0.39 is 6.04 Å². The molecule has 0 aromatic heterocycles. The van der Waals surface area contributed by atoms with E-state index in [2.05, 4.69) is 16.0 Å². The molecule has 3 amide bonds. The minimum Gasteiger partial charge on any atom is -0.496 e. The molecule has 0 saturated carbocycles. The van der Waals surface area contributed by atoms with E-state index in [1.807, 2.05) is 37.3 Å². The number of para-hydroxylation sites is 2. The normalized spacial score (nSPS) is 16.1. The first-order valence-electron chi connectivity index (χ1n) is 8.81. The first-order valence-corrected chi connectivity index (χ1v) is 8.81. The number of ether oxygens (including phenoxy) is 2. The van der Waals surface area contributed by atoms with E-state index in [9.17, 15) is 9.59 Å². The number of methoxy groups -OCH3 is 2. The molecule has 28 heavy (non-hydrogen) atoms. The molecule has 146 valence electrons. The summed E-state index contributed by atoms with van der Waals surface area (Å²) in [4.78, 5) is 25.2. The minimum absolute atomic E-state index is 0.334. The monoisotopic (exact) mass is 381 g/mol. The van der Waals surface area contributed by atoms with Crippen molar-refractivity contribution in [3.8, 4) is 11.5 Å². The SMILES string of the molecule is COc1cc(C2NC(=O)NC(C)=C2C(=O)Nc2ccccc2OC)ccc1C. The van der Waals surface area contributed by atoms with Gasteiger partial charge < -0.3 is 25.4 Å². The van der Waals surface area contributed by atoms with Gasteiger partial charge in [-0.2, -0.15) is 0 Å². The van der Waals surface area contributed by atoms with Gasteiger partial charge in [-0.25, -0.2) is 4.79 Å². The number of hydrogen-bond donors (Lipinski definition) is 3. The Morgan fingerprint density at radius 3 is 2.46 bits per heavy atom. The van der Waals surface area contributed by atoms with E-state index in [-0.39, 0.29) is 11.9 Å². The van der Waals surface area contributed by atoms with E-state index in [0.29, 0.717) is 28.5 Å². The number of amides is 3. The number of benzene rings is 2. The number of carbonyl (C=O) groups is 2. The van der Waals surface area contributed by atoms with E-state index >= 15 is 0 Å². The van der Waals surface area contributed by atoms with Gasteiger partial charge in [0.25, 0.3) is 5.91 Å². The van der Waals surface area contributed by atoms with Crippen molar-refractivity contribution < 1.29 is 19.1 Å². The smallest absolute Gasteiger partial charge is 0.319 e. The van der Waals surface area contributed by atoms with Gasteiger partial charge in [0.05, 0.1) is 31.5 Å². The highest BCUT2D eigenvalue weighted by Gasteiger charge is 2.31. The van der Waals surface area contributed by atoms with E-state index in [0.717, 1.165) is 11.1 Å². The summed E-state index contributed by atoms with van der Waals surface area (Å²) in [7, 11) is 3.13. The van der Waals surface area contributed by atoms with Gasteiger partial charge in [-0.1, -0.05) is 24.3 Å². The van der Waals surface area contributed by atoms with Crippen LogP contribution < -0.4 is 25.4 Å². The van der Waals surface area contributed by atoms with Crippen LogP contribution in [-0.4, -0.2) is 26.2 Å². The Labute approximate surface area is 163 Å². The average molecular weight is 381 g/mol. The van der Waals surface area contributed by atoms with Crippen molar-refractivity contribution in [3.05, 3.63) is 64.9 Å². The molecular weight excluding hydrogens is 358 g/mol. The van der Waals surface area contributed by atoms with E-state index in [1.54, 1.807) is 33.3 Å². The molecule has 0 bridgehead atoms. The van der Waals surface area contributed by atoms with Gasteiger partial charge in [0.15, 0.2) is 0 Å². The molecule has 7 nitrogen and oxygen atoms in total. The highest BCUT2D eigenvalue weighted by Crippen LogP contribution is 2.32. The summed E-state index contributed by atoms with van der Waals surface area (Å²) in [6, 6.07) is 11.8. The predicted molar refractivity (Wildman–Crippen MR) is 106 cm³/mol. The topological polar surface area (TPSA) is 88.7 Å². The highest BCUT2D eigenvalue weighted by molar-refractivity contribution is 6.07. The Morgan fingerprint density at radius 1 is 1.04 bits per heavy atom. The molecule has 1 atom stereocenters. The van der Waals surface area contributed by atoms with Crippen LogP contribution in [0.5, 0.6) is 11.5 Å². The first kappa shape index (κ1) is 19.3. The van der Waals surface area contributed by atoms with Crippen LogP contribution in [0, 0.1) is 6.92 Å². The third-order valence-electron chi connectivity index (χ3n) is 4.63. The Hall–Kier alpha value is -3.48. The maximum atomic E-state index is 13.1. The van der Waals surface area contributed by atoms with Gasteiger partial charge in [0.1, 0.15) is 11.5 Å². The van der Waals surface area contributed by atoms with Crippen LogP contribution in [0.2, 0.25) is 0 Å². The lowest BCUT2D eigenvalue weighted by atomic mass is 9.94. The van der Waals surface area contributed by atoms with Crippen LogP contribution in [0.4, 0.5) is 10.5 Å². The largest absolute Gasteiger partial charge is 0.496 e. The van der Waals surface area contributed by atoms with Crippen LogP contribution in [0.1, 0.15) is 24.1 Å². The third-order valence-corrected chi connectivity index (χ3v) is 4.63. The zero-order valence-electron chi connectivity index (χ0n) is 16.3. The van der Waals surface area contributed by atoms with Crippen molar-refractivity contribution >= 4 is 17.6 Å². The van der Waals surface area contributed by atoms with Gasteiger partial charge in [0.2, 0.25) is 0 Å². The zero-order chi connectivity index (χ0) is 20.3. The molecule has 7 heteroatoms. The first-order chi connectivity index (χ1) is 13.4. The molecular formula is C21H23N3O4. The molecule has 1 aliphatic rings. The van der Waals surface area contributed by atoms with Gasteiger partial charge >= 0.3 is 6.03 Å². The lowest BCUT2D eigenvalue weighted by Crippen LogP contribution is -2.46. The van der Waals surface area contributed by atoms with Crippen LogP contribution >= 0.6 is 0 Å². The summed E-state index contributed by atoms with van der Waals surface area (Å²) in [6.45, 7) is 3.63. The van der Waals surface area contributed by atoms with E-state index in [4.69, 9.17) is 9.47 Å². The number of hydrogen-bond acceptors (Lipinski definition) is 4. The van der Waals surface area contributed by atoms with Crippen molar-refractivity contribution in [1.29, 1.82) is 0 Å². The van der Waals surface area contributed by atoms with Crippen LogP contribution in [0.3, 0.4) is 0 Å². The van der Waals surface area contributed by atoms with Gasteiger partial charge in [-0.15, -0.1) is 0 Å². The standard InChI is InChI=1S/C21H23N3O4/c1-12-9-10-14(11-17(12)28-4)19-18(13(2)22-21(26)24-19)20(25)23-15-7-5-6-8-16(15)27-3/h5-11,19H,1-4H3,(H,23,25)(H2,22,24,26). The second-order valence-corrected chi connectivity index (χ2v) is 6.45. The maximum Gasteiger partial charge on any atom is 0.319 e. The molecule has 1 aliphatic heterocycles. The number of anilines is 1. The molecule has 3 rings (SSSR count). The summed E-state index contributed by atoms with van der Waals surface area (Å²) in [5, 5.41) is 8.37. The van der Waals surface area contributed by atoms with Crippen LogP contribution in [0.25, 0.3) is 0 Å². The lowest BCUT2D eigenvalue weighted by Gasteiger charge is -2.29. The minimum atomic E-state index is -0.613. The molecule has 1 unspecified atom stereocenters. The molecule has 0 saturated heterocycles. The van der Waals surface area contributed by atoms with Crippen molar-refractivity contribution in [2.75, 3.05) is 19.5 Å². The average Bonchev–Trinajstić information content (AvgIpc) is 2.68. The molecule has 2 aromatic carbocycles. The number of nitrogens with one attached hydrogen (secondary N) is 3. The van der Waals surface area contributed by atoms with Crippen molar-refractivity contribution in [2.45, 2.75) is 19.9 Å². The highest BCUT2D eigenvalue weighted by atomic mass is 16.5. The maximum absolute atomic E-state index is 13.1. The molecule has 2 aromatic rings. The third kappa shape index (κ3) is 3.78. The molecule has 0 fully saturated rings. The lowest BCUT2D eigenvalue weighted by molar-refractivity contribution is -0.113. The Bertz CT molecular complexity index is 952. The Balaban J connectivity index is 1.99. The summed E-state index contributed by atoms with van der Waals surface area (Å²) in [5.74, 6) is 0.905. The van der Waals surface area contributed by atoms with Gasteiger partial charge in [0, 0.05) is 5.70 Å². The number of carbonyl (C=O) groups excluding carboxylic acids is 2. The second-order valence-electron chi connectivity index (χ2n) is 6.45. The molecule has 0 spiro atoms. The van der Waals surface area contributed by atoms with E-state index in [1.165, 1.54) is 0 Å². The van der Waals surface area contributed by atoms with Gasteiger partial charge in [-0.05, 0) is 43.2 Å². The zero-order valence-corrected chi connectivity index (χ0v) is 16.3. The fourth-order valence-electron chi connectivity index (χ4n) is 3.20. The molecule has 0 aliphatic carbocycles. The molecule has 0 radical (unpaired) electrons. The van der Waals surface area contributed by atoms with Crippen LogP contribution in [0.15, 0.2) is 53.7 Å². The predicted octanol–water partition coefficient (Wildman–Crippen LogP) is 3.28. The van der Waals surface area contributed by atoms with Gasteiger partial charge in [-0.3, -0.25) is 4.79 Å². The fraction of sp³-hybridized carbons (Fsp3) is 0.238. The molecule has 1 heterocycles. The second kappa shape index (κ2) is 8.04. The Kier molecular flexibility index (Phi) is 5.54. The number of allylic oxidation sites excluding steroid dienone is 1. The van der Waals surface area contributed by atoms with Crippen molar-refractivity contribution in [3.63, 3.8) is 0 Å². The number of aryl methyl sites for hydroxylation is 1. The van der Waals surface area contributed by atoms with Crippen molar-refractivity contribution in [1.82, 2.24) is 10.6 Å². The number of rotatable bonds is 5. The summed E-state index contributed by atoms with van der Waals surface area (Å²) in [5.41, 5.74) is 3.17. The van der Waals surface area contributed by atoms with Crippen LogP contribution in [-0.2, 0) is 4.79 Å². The fourth-order valence-corrected chi connectivity index (χ4v) is 3.20. The molecule has 3 N–H and O–H groups in total. The summed E-state index contributed by atoms with van der Waals surface area (Å²) in [6.07, 6.45) is 0. The Morgan fingerprint density at radius 2 is 1.75 bits per heavy atom. The summed E-state index contributed by atoms with van der Waals surface area (Å²) >= 11 is 0. The quantitative estimate of drug-likeness (QED) is 0.742.